The minimum absolute atomic E-state index is 0.0156. The molecular formula is C14H32NO4P. The zero-order valence-corrected chi connectivity index (χ0v) is 15.0. The van der Waals surface area contributed by atoms with Crippen molar-refractivity contribution in [1.82, 2.24) is 0 Å². The fraction of sp³-hybridized carbons (Fsp3) is 1.00. The predicted molar refractivity (Wildman–Crippen MR) is 82.4 cm³/mol. The molecule has 0 heterocycles. The Hall–Kier alpha value is 0.230. The van der Waals surface area contributed by atoms with Crippen LogP contribution in [0.15, 0.2) is 0 Å². The first-order chi connectivity index (χ1) is 9.16. The fourth-order valence-corrected chi connectivity index (χ4v) is 2.57. The molecule has 0 aliphatic rings. The van der Waals surface area contributed by atoms with Crippen LogP contribution in [0.4, 0.5) is 0 Å². The zero-order valence-electron chi connectivity index (χ0n) is 14.1. The lowest BCUT2D eigenvalue weighted by molar-refractivity contribution is -0.308. The Balaban J connectivity index is 4.13. The summed E-state index contributed by atoms with van der Waals surface area (Å²) in [6.45, 7) is 16.6. The van der Waals surface area contributed by atoms with E-state index in [0.717, 1.165) is 0 Å². The van der Waals surface area contributed by atoms with Gasteiger partial charge in [-0.05, 0) is 23.7 Å². The van der Waals surface area contributed by atoms with Crippen molar-refractivity contribution < 1.29 is 19.1 Å². The molecule has 0 aliphatic carbocycles. The van der Waals surface area contributed by atoms with Crippen molar-refractivity contribution in [1.29, 1.82) is 0 Å². The molecule has 0 saturated heterocycles. The van der Waals surface area contributed by atoms with Crippen molar-refractivity contribution in [2.75, 3.05) is 0 Å². The van der Waals surface area contributed by atoms with Gasteiger partial charge in [0.15, 0.2) is 0 Å². The van der Waals surface area contributed by atoms with Gasteiger partial charge in [-0.3, -0.25) is 5.50 Å². The molecule has 0 unspecified atom stereocenters. The molecule has 0 aromatic rings. The van der Waals surface area contributed by atoms with Crippen LogP contribution >= 0.6 is 8.53 Å². The van der Waals surface area contributed by atoms with Crippen LogP contribution in [-0.2, 0) is 19.1 Å². The van der Waals surface area contributed by atoms with Crippen LogP contribution in [0.1, 0.15) is 55.4 Å². The Kier molecular flexibility index (Phi) is 10.2. The third-order valence-corrected chi connectivity index (χ3v) is 3.55. The maximum atomic E-state index is 5.74. The number of nitrogens with two attached hydrogens (primary N) is 1. The predicted octanol–water partition coefficient (Wildman–Crippen LogP) is 4.43. The van der Waals surface area contributed by atoms with Crippen molar-refractivity contribution in [3.05, 3.63) is 0 Å². The molecule has 0 atom stereocenters. The lowest BCUT2D eigenvalue weighted by Gasteiger charge is -2.26. The van der Waals surface area contributed by atoms with E-state index in [2.05, 4.69) is 55.4 Å². The molecule has 2 N–H and O–H groups in total. The summed E-state index contributed by atoms with van der Waals surface area (Å²) in [5.41, 5.74) is 5.74. The molecule has 0 amide bonds. The molecular weight excluding hydrogens is 277 g/mol. The Morgan fingerprint density at radius 1 is 0.600 bits per heavy atom. The van der Waals surface area contributed by atoms with Crippen LogP contribution in [0.2, 0.25) is 0 Å². The molecule has 0 aromatic heterocycles. The quantitative estimate of drug-likeness (QED) is 0.367. The largest absolute Gasteiger partial charge is 0.318 e. The molecule has 0 bridgehead atoms. The molecule has 0 rings (SSSR count). The second kappa shape index (κ2) is 10.0. The first-order valence-corrected chi connectivity index (χ1v) is 8.63. The molecule has 0 fully saturated rings. The minimum atomic E-state index is -1.69. The highest BCUT2D eigenvalue weighted by Crippen LogP contribution is 2.33. The van der Waals surface area contributed by atoms with Crippen LogP contribution in [0.25, 0.3) is 0 Å². The summed E-state index contributed by atoms with van der Waals surface area (Å²) in [5.74, 6) is 1.38. The van der Waals surface area contributed by atoms with Gasteiger partial charge in [0.2, 0.25) is 0 Å². The molecule has 0 aromatic carbocycles. The van der Waals surface area contributed by atoms with E-state index in [0.29, 0.717) is 23.7 Å². The van der Waals surface area contributed by atoms with E-state index in [1.165, 1.54) is 0 Å². The van der Waals surface area contributed by atoms with E-state index in [4.69, 9.17) is 24.6 Å². The second-order valence-electron chi connectivity index (χ2n) is 6.53. The molecule has 6 heteroatoms. The zero-order chi connectivity index (χ0) is 15.9. The Morgan fingerprint density at radius 2 is 0.850 bits per heavy atom. The van der Waals surface area contributed by atoms with E-state index in [-0.39, 0.29) is 12.2 Å². The lowest BCUT2D eigenvalue weighted by atomic mass is 9.97. The molecule has 0 radical (unpaired) electrons. The number of hydrogen-bond acceptors (Lipinski definition) is 5. The highest BCUT2D eigenvalue weighted by Gasteiger charge is 2.24. The summed E-state index contributed by atoms with van der Waals surface area (Å²) in [6.07, 6.45) is -0.0312. The van der Waals surface area contributed by atoms with Crippen molar-refractivity contribution in [2.24, 2.45) is 29.2 Å². The van der Waals surface area contributed by atoms with Crippen molar-refractivity contribution in [3.8, 4) is 0 Å². The van der Waals surface area contributed by atoms with Crippen molar-refractivity contribution >= 4 is 8.53 Å². The van der Waals surface area contributed by atoms with Crippen LogP contribution in [-0.4, -0.2) is 12.2 Å². The van der Waals surface area contributed by atoms with Crippen LogP contribution in [0.5, 0.6) is 0 Å². The Bertz CT molecular complexity index is 209. The maximum Gasteiger partial charge on any atom is 0.318 e. The molecule has 0 aliphatic heterocycles. The number of hydrogen-bond donors (Lipinski definition) is 1. The smallest absolute Gasteiger partial charge is 0.260 e. The summed E-state index contributed by atoms with van der Waals surface area (Å²) >= 11 is 0. The minimum Gasteiger partial charge on any atom is -0.260 e. The third kappa shape index (κ3) is 7.87. The van der Waals surface area contributed by atoms with E-state index < -0.39 is 8.53 Å². The number of rotatable bonds is 10. The first-order valence-electron chi connectivity index (χ1n) is 7.38. The summed E-state index contributed by atoms with van der Waals surface area (Å²) in [5, 5.41) is 0. The fourth-order valence-electron chi connectivity index (χ4n) is 2.18. The van der Waals surface area contributed by atoms with Crippen molar-refractivity contribution in [2.45, 2.75) is 67.6 Å². The second-order valence-corrected chi connectivity index (χ2v) is 7.40. The van der Waals surface area contributed by atoms with Crippen LogP contribution < -0.4 is 5.50 Å². The summed E-state index contributed by atoms with van der Waals surface area (Å²) in [6, 6.07) is 0. The topological polar surface area (TPSA) is 62.9 Å². The van der Waals surface area contributed by atoms with E-state index in [1.54, 1.807) is 0 Å². The average Bonchev–Trinajstić information content (AvgIpc) is 2.27. The van der Waals surface area contributed by atoms with Gasteiger partial charge in [-0.15, -0.1) is 0 Å². The van der Waals surface area contributed by atoms with Crippen LogP contribution in [0, 0.1) is 23.7 Å². The Labute approximate surface area is 125 Å². The van der Waals surface area contributed by atoms with Gasteiger partial charge in [-0.25, -0.2) is 9.78 Å². The van der Waals surface area contributed by atoms with Gasteiger partial charge in [0.25, 0.3) is 0 Å². The molecule has 0 saturated carbocycles. The summed E-state index contributed by atoms with van der Waals surface area (Å²) in [7, 11) is -1.69. The van der Waals surface area contributed by atoms with E-state index in [1.807, 2.05) is 0 Å². The Morgan fingerprint density at radius 3 is 1.05 bits per heavy atom. The van der Waals surface area contributed by atoms with Gasteiger partial charge in [0, 0.05) is 0 Å². The highest BCUT2D eigenvalue weighted by atomic mass is 31.2. The SMILES string of the molecule is CC(C)C(OOP(N)OOC(C(C)C)C(C)C)C(C)C. The standard InChI is InChI=1S/C14H32NO4P/c1-9(2)13(10(3)4)16-18-20(15)19-17-14(11(5)6)12(7)8/h9-14H,15H2,1-8H3. The monoisotopic (exact) mass is 309 g/mol. The van der Waals surface area contributed by atoms with Crippen LogP contribution in [0.3, 0.4) is 0 Å². The van der Waals surface area contributed by atoms with Crippen molar-refractivity contribution in [3.63, 3.8) is 0 Å². The molecule has 122 valence electrons. The van der Waals surface area contributed by atoms with Gasteiger partial charge in [0.1, 0.15) is 0 Å². The van der Waals surface area contributed by atoms with Gasteiger partial charge in [-0.1, -0.05) is 55.4 Å². The van der Waals surface area contributed by atoms with Gasteiger partial charge < -0.3 is 0 Å². The van der Waals surface area contributed by atoms with Gasteiger partial charge in [-0.2, -0.15) is 9.35 Å². The van der Waals surface area contributed by atoms with E-state index >= 15 is 0 Å². The molecule has 0 spiro atoms. The maximum absolute atomic E-state index is 5.74. The molecule has 5 nitrogen and oxygen atoms in total. The summed E-state index contributed by atoms with van der Waals surface area (Å²) < 4.78 is 10.3. The summed E-state index contributed by atoms with van der Waals surface area (Å²) in [4.78, 5) is 10.8. The van der Waals surface area contributed by atoms with Gasteiger partial charge in [0.05, 0.1) is 12.2 Å². The molecule has 20 heavy (non-hydrogen) atoms. The lowest BCUT2D eigenvalue weighted by Crippen LogP contribution is -2.27. The third-order valence-electron chi connectivity index (χ3n) is 3.08. The highest BCUT2D eigenvalue weighted by molar-refractivity contribution is 7.44. The van der Waals surface area contributed by atoms with E-state index in [9.17, 15) is 0 Å². The first kappa shape index (κ1) is 20.2. The average molecular weight is 309 g/mol. The normalized spacial score (nSPS) is 13.2. The van der Waals surface area contributed by atoms with Gasteiger partial charge >= 0.3 is 8.53 Å².